The lowest BCUT2D eigenvalue weighted by atomic mass is 10.1. The third kappa shape index (κ3) is 2.64. The van der Waals surface area contributed by atoms with E-state index in [1.54, 1.807) is 18.2 Å². The number of imide groups is 1. The fourth-order valence-corrected chi connectivity index (χ4v) is 2.42. The summed E-state index contributed by atoms with van der Waals surface area (Å²) in [5.41, 5.74) is 0.735. The molecule has 4 heteroatoms. The molecule has 1 heterocycles. The third-order valence-corrected chi connectivity index (χ3v) is 3.47. The summed E-state index contributed by atoms with van der Waals surface area (Å²) in [6.07, 6.45) is 8.49. The first-order valence-corrected chi connectivity index (χ1v) is 6.62. The topological polar surface area (TPSA) is 37.4 Å². The molecule has 0 bridgehead atoms. The standard InChI is InChI=1S/C15H14ClNO2/c1-2-3-4-5-6-10-17-14(18)11-8-7-9-12(16)13(11)15(17)19/h1,7-9H,3-6,10H2. The summed E-state index contributed by atoms with van der Waals surface area (Å²) in [6, 6.07) is 4.95. The van der Waals surface area contributed by atoms with Crippen molar-refractivity contribution >= 4 is 23.4 Å². The second-order valence-electron chi connectivity index (χ2n) is 4.44. The summed E-state index contributed by atoms with van der Waals surface area (Å²) in [5, 5.41) is 0.339. The van der Waals surface area contributed by atoms with Crippen molar-refractivity contribution in [1.29, 1.82) is 0 Å². The molecule has 0 unspecified atom stereocenters. The van der Waals surface area contributed by atoms with Crippen LogP contribution in [0.3, 0.4) is 0 Å². The second-order valence-corrected chi connectivity index (χ2v) is 4.85. The predicted octanol–water partition coefficient (Wildman–Crippen LogP) is 3.13. The van der Waals surface area contributed by atoms with Gasteiger partial charge in [-0.2, -0.15) is 0 Å². The average molecular weight is 276 g/mol. The fraction of sp³-hybridized carbons (Fsp3) is 0.333. The van der Waals surface area contributed by atoms with Crippen molar-refractivity contribution in [3.63, 3.8) is 0 Å². The lowest BCUT2D eigenvalue weighted by Gasteiger charge is -2.13. The van der Waals surface area contributed by atoms with Gasteiger partial charge in [-0.15, -0.1) is 12.3 Å². The highest BCUT2D eigenvalue weighted by Gasteiger charge is 2.36. The van der Waals surface area contributed by atoms with Crippen molar-refractivity contribution in [2.24, 2.45) is 0 Å². The first-order chi connectivity index (χ1) is 9.16. The van der Waals surface area contributed by atoms with E-state index in [4.69, 9.17) is 18.0 Å². The first-order valence-electron chi connectivity index (χ1n) is 6.25. The van der Waals surface area contributed by atoms with Crippen LogP contribution in [-0.4, -0.2) is 23.3 Å². The number of halogens is 1. The molecule has 0 saturated carbocycles. The van der Waals surface area contributed by atoms with E-state index in [-0.39, 0.29) is 11.8 Å². The van der Waals surface area contributed by atoms with E-state index in [0.717, 1.165) is 25.7 Å². The van der Waals surface area contributed by atoms with E-state index >= 15 is 0 Å². The van der Waals surface area contributed by atoms with Gasteiger partial charge in [-0.25, -0.2) is 0 Å². The number of amides is 2. The van der Waals surface area contributed by atoms with Gasteiger partial charge < -0.3 is 0 Å². The maximum absolute atomic E-state index is 12.1. The maximum atomic E-state index is 12.1. The minimum atomic E-state index is -0.289. The second kappa shape index (κ2) is 5.90. The predicted molar refractivity (Wildman–Crippen MR) is 74.1 cm³/mol. The summed E-state index contributed by atoms with van der Waals surface area (Å²) in [7, 11) is 0. The summed E-state index contributed by atoms with van der Waals surface area (Å²) >= 11 is 5.98. The summed E-state index contributed by atoms with van der Waals surface area (Å²) in [6.45, 7) is 0.424. The molecule has 0 aromatic heterocycles. The number of unbranched alkanes of at least 4 members (excludes halogenated alkanes) is 3. The summed E-state index contributed by atoms with van der Waals surface area (Å²) in [5.74, 6) is 2.03. The molecule has 19 heavy (non-hydrogen) atoms. The van der Waals surface area contributed by atoms with E-state index in [1.165, 1.54) is 4.90 Å². The molecule has 1 aliphatic rings. The Kier molecular flexibility index (Phi) is 4.24. The van der Waals surface area contributed by atoms with Crippen molar-refractivity contribution in [3.05, 3.63) is 34.3 Å². The highest BCUT2D eigenvalue weighted by Crippen LogP contribution is 2.29. The number of rotatable bonds is 5. The smallest absolute Gasteiger partial charge is 0.263 e. The molecule has 0 aliphatic carbocycles. The van der Waals surface area contributed by atoms with Gasteiger partial charge in [0, 0.05) is 13.0 Å². The van der Waals surface area contributed by atoms with Gasteiger partial charge in [0.25, 0.3) is 11.8 Å². The minimum Gasteiger partial charge on any atom is -0.274 e. The molecule has 0 N–H and O–H groups in total. The van der Waals surface area contributed by atoms with Gasteiger partial charge in [0.15, 0.2) is 0 Å². The Bertz CT molecular complexity index is 560. The van der Waals surface area contributed by atoms with Gasteiger partial charge in [0.1, 0.15) is 0 Å². The third-order valence-electron chi connectivity index (χ3n) is 3.15. The Morgan fingerprint density at radius 2 is 1.95 bits per heavy atom. The van der Waals surface area contributed by atoms with Crippen LogP contribution >= 0.6 is 11.6 Å². The van der Waals surface area contributed by atoms with Gasteiger partial charge in [0.05, 0.1) is 16.1 Å². The van der Waals surface area contributed by atoms with E-state index in [9.17, 15) is 9.59 Å². The van der Waals surface area contributed by atoms with Crippen molar-refractivity contribution in [1.82, 2.24) is 4.90 Å². The lowest BCUT2D eigenvalue weighted by Crippen LogP contribution is -2.30. The average Bonchev–Trinajstić information content (AvgIpc) is 2.64. The molecular formula is C15H14ClNO2. The number of carbonyl (C=O) groups excluding carboxylic acids is 2. The maximum Gasteiger partial charge on any atom is 0.263 e. The van der Waals surface area contributed by atoms with Crippen LogP contribution in [-0.2, 0) is 0 Å². The SMILES string of the molecule is C#CCCCCCN1C(=O)c2cccc(Cl)c2C1=O. The van der Waals surface area contributed by atoms with Crippen LogP contribution in [0.15, 0.2) is 18.2 Å². The number of fused-ring (bicyclic) bond motifs is 1. The van der Waals surface area contributed by atoms with Crippen molar-refractivity contribution < 1.29 is 9.59 Å². The minimum absolute atomic E-state index is 0.251. The van der Waals surface area contributed by atoms with Gasteiger partial charge in [-0.05, 0) is 25.0 Å². The summed E-state index contributed by atoms with van der Waals surface area (Å²) in [4.78, 5) is 25.5. The molecule has 1 aliphatic heterocycles. The van der Waals surface area contributed by atoms with Gasteiger partial charge in [0.2, 0.25) is 0 Å². The zero-order valence-electron chi connectivity index (χ0n) is 10.5. The van der Waals surface area contributed by atoms with Gasteiger partial charge in [-0.1, -0.05) is 24.1 Å². The Morgan fingerprint density at radius 1 is 1.16 bits per heavy atom. The Morgan fingerprint density at radius 3 is 2.63 bits per heavy atom. The molecular weight excluding hydrogens is 262 g/mol. The van der Waals surface area contributed by atoms with Crippen LogP contribution in [0.1, 0.15) is 46.4 Å². The molecule has 0 spiro atoms. The molecule has 98 valence electrons. The van der Waals surface area contributed by atoms with Crippen LogP contribution in [0.4, 0.5) is 0 Å². The lowest BCUT2D eigenvalue weighted by molar-refractivity contribution is 0.0651. The molecule has 1 aromatic carbocycles. The van der Waals surface area contributed by atoms with Crippen molar-refractivity contribution in [2.45, 2.75) is 25.7 Å². The fourth-order valence-electron chi connectivity index (χ4n) is 2.17. The van der Waals surface area contributed by atoms with E-state index < -0.39 is 0 Å². The number of hydrogen-bond donors (Lipinski definition) is 0. The molecule has 2 amide bonds. The molecule has 0 atom stereocenters. The van der Waals surface area contributed by atoms with Gasteiger partial charge in [-0.3, -0.25) is 14.5 Å². The Hall–Kier alpha value is -1.79. The zero-order chi connectivity index (χ0) is 13.8. The quantitative estimate of drug-likeness (QED) is 0.470. The van der Waals surface area contributed by atoms with Crippen LogP contribution < -0.4 is 0 Å². The monoisotopic (exact) mass is 275 g/mol. The van der Waals surface area contributed by atoms with Crippen LogP contribution in [0.25, 0.3) is 0 Å². The Balaban J connectivity index is 2.03. The number of terminal acetylenes is 1. The molecule has 0 fully saturated rings. The van der Waals surface area contributed by atoms with E-state index in [2.05, 4.69) is 5.92 Å². The van der Waals surface area contributed by atoms with Crippen LogP contribution in [0.5, 0.6) is 0 Å². The molecule has 3 nitrogen and oxygen atoms in total. The Labute approximate surface area is 117 Å². The number of hydrogen-bond acceptors (Lipinski definition) is 2. The van der Waals surface area contributed by atoms with Crippen LogP contribution in [0, 0.1) is 12.3 Å². The molecule has 1 aromatic rings. The first kappa shape index (κ1) is 13.6. The normalized spacial score (nSPS) is 13.6. The molecule has 0 saturated heterocycles. The number of carbonyl (C=O) groups is 2. The van der Waals surface area contributed by atoms with Crippen molar-refractivity contribution in [2.75, 3.05) is 6.54 Å². The summed E-state index contributed by atoms with van der Waals surface area (Å²) < 4.78 is 0. The highest BCUT2D eigenvalue weighted by atomic mass is 35.5. The van der Waals surface area contributed by atoms with Gasteiger partial charge >= 0.3 is 0 Å². The van der Waals surface area contributed by atoms with E-state index in [0.29, 0.717) is 22.7 Å². The number of benzene rings is 1. The highest BCUT2D eigenvalue weighted by molar-refractivity contribution is 6.37. The van der Waals surface area contributed by atoms with Crippen molar-refractivity contribution in [3.8, 4) is 12.3 Å². The van der Waals surface area contributed by atoms with E-state index in [1.807, 2.05) is 0 Å². The zero-order valence-corrected chi connectivity index (χ0v) is 11.2. The largest absolute Gasteiger partial charge is 0.274 e. The molecule has 2 rings (SSSR count). The molecule has 0 radical (unpaired) electrons. The number of nitrogens with zero attached hydrogens (tertiary/aromatic N) is 1. The van der Waals surface area contributed by atoms with Crippen LogP contribution in [0.2, 0.25) is 5.02 Å².